The second kappa shape index (κ2) is 11.7. The third kappa shape index (κ3) is 5.31. The van der Waals surface area contributed by atoms with E-state index in [-0.39, 0.29) is 29.2 Å². The van der Waals surface area contributed by atoms with Gasteiger partial charge in [-0.3, -0.25) is 0 Å². The van der Waals surface area contributed by atoms with E-state index in [1.165, 1.54) is 6.33 Å². The fourth-order valence-corrected chi connectivity index (χ4v) is 6.32. The van der Waals surface area contributed by atoms with Crippen LogP contribution in [-0.2, 0) is 0 Å². The lowest BCUT2D eigenvalue weighted by Crippen LogP contribution is -2.37. The number of nitrogens with one attached hydrogen (secondary N) is 1. The van der Waals surface area contributed by atoms with Crippen LogP contribution in [0, 0.1) is 23.6 Å². The van der Waals surface area contributed by atoms with Gasteiger partial charge in [-0.2, -0.15) is 0 Å². The van der Waals surface area contributed by atoms with Crippen LogP contribution in [0.25, 0.3) is 10.9 Å². The third-order valence-electron chi connectivity index (χ3n) is 7.52. The van der Waals surface area contributed by atoms with Crippen LogP contribution in [0.1, 0.15) is 26.2 Å². The van der Waals surface area contributed by atoms with Gasteiger partial charge in [-0.25, -0.2) is 19.2 Å². The molecule has 1 saturated heterocycles. The van der Waals surface area contributed by atoms with Crippen LogP contribution < -0.4 is 14.8 Å². The standard InChI is InChI=1S/C26H27BrClFN4O4.ClH/c1-3-20-15-7-13(6-14(15)10-33(20)26(34)35)11-37-22-9-19-16(8-21(22)36-2)25(31-12-30-19)32-18-5-4-17(27)23(28)24(18)29;/h4-5,8-9,12-15,20H,3,6-7,10-11H2,1-2H3,(H,34,35)(H,30,31,32);1H/t13?,14-,15-,20?;/m0./s1. The summed E-state index contributed by atoms with van der Waals surface area (Å²) in [6, 6.07) is 6.87. The number of nitrogens with zero attached hydrogens (tertiary/aromatic N) is 3. The van der Waals surface area contributed by atoms with E-state index in [1.54, 1.807) is 36.3 Å². The molecule has 1 aliphatic carbocycles. The Bertz CT molecular complexity index is 1350. The van der Waals surface area contributed by atoms with Gasteiger partial charge in [0.15, 0.2) is 17.3 Å². The molecule has 0 spiro atoms. The number of likely N-dealkylation sites (tertiary alicyclic amines) is 1. The van der Waals surface area contributed by atoms with Crippen molar-refractivity contribution in [1.82, 2.24) is 14.9 Å². The summed E-state index contributed by atoms with van der Waals surface area (Å²) >= 11 is 9.25. The van der Waals surface area contributed by atoms with Gasteiger partial charge < -0.3 is 24.8 Å². The topological polar surface area (TPSA) is 96.8 Å². The number of benzene rings is 2. The van der Waals surface area contributed by atoms with Crippen LogP contribution in [0.15, 0.2) is 35.1 Å². The van der Waals surface area contributed by atoms with Crippen LogP contribution in [0.5, 0.6) is 11.5 Å². The third-order valence-corrected chi connectivity index (χ3v) is 8.78. The zero-order valence-electron chi connectivity index (χ0n) is 20.8. The maximum atomic E-state index is 14.7. The van der Waals surface area contributed by atoms with Gasteiger partial charge in [0.25, 0.3) is 0 Å². The Hall–Kier alpha value is -2.56. The molecule has 5 rings (SSSR count). The molecular formula is C26H28BrCl2FN4O4. The summed E-state index contributed by atoms with van der Waals surface area (Å²) in [6.07, 6.45) is 3.29. The predicted octanol–water partition coefficient (Wildman–Crippen LogP) is 7.15. The molecule has 0 bridgehead atoms. The molecule has 1 saturated carbocycles. The molecule has 2 aliphatic rings. The number of amides is 1. The second-order valence-corrected chi connectivity index (χ2v) is 10.8. The minimum Gasteiger partial charge on any atom is -0.493 e. The number of halogens is 4. The molecule has 38 heavy (non-hydrogen) atoms. The first-order chi connectivity index (χ1) is 17.8. The van der Waals surface area contributed by atoms with E-state index in [1.807, 2.05) is 0 Å². The summed E-state index contributed by atoms with van der Waals surface area (Å²) in [5.74, 6) is 1.99. The van der Waals surface area contributed by atoms with Gasteiger partial charge in [0.1, 0.15) is 12.1 Å². The summed E-state index contributed by atoms with van der Waals surface area (Å²) in [4.78, 5) is 21.9. The van der Waals surface area contributed by atoms with E-state index < -0.39 is 11.9 Å². The van der Waals surface area contributed by atoms with Crippen molar-refractivity contribution in [3.63, 3.8) is 0 Å². The van der Waals surface area contributed by atoms with Crippen molar-refractivity contribution in [2.45, 2.75) is 32.2 Å². The van der Waals surface area contributed by atoms with Crippen LogP contribution in [0.2, 0.25) is 5.02 Å². The van der Waals surface area contributed by atoms with Crippen molar-refractivity contribution >= 4 is 68.4 Å². The highest BCUT2D eigenvalue weighted by Crippen LogP contribution is 2.46. The highest BCUT2D eigenvalue weighted by Gasteiger charge is 2.48. The molecule has 3 aromatic rings. The van der Waals surface area contributed by atoms with Gasteiger partial charge in [0.05, 0.1) is 29.9 Å². The number of rotatable bonds is 7. The number of hydrogen-bond acceptors (Lipinski definition) is 6. The first kappa shape index (κ1) is 28.4. The van der Waals surface area contributed by atoms with Crippen molar-refractivity contribution in [1.29, 1.82) is 0 Å². The van der Waals surface area contributed by atoms with Gasteiger partial charge in [0.2, 0.25) is 0 Å². The Kier molecular flexibility index (Phi) is 8.74. The van der Waals surface area contributed by atoms with Crippen LogP contribution in [-0.4, -0.2) is 52.4 Å². The average molecular weight is 630 g/mol. The minimum absolute atomic E-state index is 0. The lowest BCUT2D eigenvalue weighted by atomic mass is 9.92. The van der Waals surface area contributed by atoms with Crippen molar-refractivity contribution in [2.24, 2.45) is 17.8 Å². The second-order valence-electron chi connectivity index (χ2n) is 9.57. The number of hydrogen-bond donors (Lipinski definition) is 2. The molecular weight excluding hydrogens is 602 g/mol. The SMILES string of the molecule is CCC1[C@H]2CC(COc3cc4ncnc(Nc5ccc(Br)c(Cl)c5F)c4cc3OC)C[C@H]2CN1C(=O)O.Cl. The molecule has 2 fully saturated rings. The van der Waals surface area contributed by atoms with E-state index in [0.29, 0.717) is 63.6 Å². The van der Waals surface area contributed by atoms with Gasteiger partial charge in [-0.05, 0) is 71.1 Å². The van der Waals surface area contributed by atoms with E-state index in [9.17, 15) is 14.3 Å². The number of ether oxygens (including phenoxy) is 2. The fourth-order valence-electron chi connectivity index (χ4n) is 5.85. The Morgan fingerprint density at radius 3 is 2.79 bits per heavy atom. The van der Waals surface area contributed by atoms with Gasteiger partial charge in [-0.15, -0.1) is 12.4 Å². The van der Waals surface area contributed by atoms with Crippen molar-refractivity contribution in [3.8, 4) is 11.5 Å². The first-order valence-corrected chi connectivity index (χ1v) is 13.3. The van der Waals surface area contributed by atoms with E-state index in [2.05, 4.69) is 38.1 Å². The number of carboxylic acid groups (broad SMARTS) is 1. The Balaban J connectivity index is 0.00000336. The number of fused-ring (bicyclic) bond motifs is 2. The molecule has 1 amide bonds. The molecule has 2 N–H and O–H groups in total. The summed E-state index contributed by atoms with van der Waals surface area (Å²) in [5, 5.41) is 13.1. The number of aromatic nitrogens is 2. The zero-order valence-corrected chi connectivity index (χ0v) is 23.9. The van der Waals surface area contributed by atoms with E-state index >= 15 is 0 Å². The van der Waals surface area contributed by atoms with Crippen LogP contribution >= 0.6 is 39.9 Å². The maximum Gasteiger partial charge on any atom is 0.407 e. The summed E-state index contributed by atoms with van der Waals surface area (Å²) < 4.78 is 26.9. The number of carbonyl (C=O) groups is 1. The summed E-state index contributed by atoms with van der Waals surface area (Å²) in [7, 11) is 1.56. The highest BCUT2D eigenvalue weighted by molar-refractivity contribution is 9.10. The highest BCUT2D eigenvalue weighted by atomic mass is 79.9. The molecule has 2 heterocycles. The summed E-state index contributed by atoms with van der Waals surface area (Å²) in [6.45, 7) is 3.17. The molecule has 0 radical (unpaired) electrons. The molecule has 2 aromatic carbocycles. The van der Waals surface area contributed by atoms with Crippen LogP contribution in [0.3, 0.4) is 0 Å². The maximum absolute atomic E-state index is 14.7. The fraction of sp³-hybridized carbons (Fsp3) is 0.423. The molecule has 4 atom stereocenters. The lowest BCUT2D eigenvalue weighted by molar-refractivity contribution is 0.128. The smallest absolute Gasteiger partial charge is 0.407 e. The minimum atomic E-state index is -0.822. The largest absolute Gasteiger partial charge is 0.493 e. The van der Waals surface area contributed by atoms with Crippen molar-refractivity contribution in [2.75, 3.05) is 25.6 Å². The van der Waals surface area contributed by atoms with Gasteiger partial charge >= 0.3 is 6.09 Å². The number of methoxy groups -OCH3 is 1. The molecule has 8 nitrogen and oxygen atoms in total. The molecule has 1 aromatic heterocycles. The Morgan fingerprint density at radius 1 is 1.29 bits per heavy atom. The average Bonchev–Trinajstić information content (AvgIpc) is 3.45. The first-order valence-electron chi connectivity index (χ1n) is 12.2. The molecule has 2 unspecified atom stereocenters. The van der Waals surface area contributed by atoms with Crippen molar-refractivity contribution < 1.29 is 23.8 Å². The quantitative estimate of drug-likeness (QED) is 0.268. The van der Waals surface area contributed by atoms with E-state index in [4.69, 9.17) is 21.1 Å². The Morgan fingerprint density at radius 2 is 2.08 bits per heavy atom. The van der Waals surface area contributed by atoms with Crippen LogP contribution in [0.4, 0.5) is 20.7 Å². The van der Waals surface area contributed by atoms with Gasteiger partial charge in [0, 0.05) is 28.5 Å². The normalized spacial score (nSPS) is 22.2. The number of anilines is 2. The molecule has 12 heteroatoms. The Labute approximate surface area is 239 Å². The monoisotopic (exact) mass is 628 g/mol. The zero-order chi connectivity index (χ0) is 26.3. The summed E-state index contributed by atoms with van der Waals surface area (Å²) in [5.41, 5.74) is 0.800. The van der Waals surface area contributed by atoms with Gasteiger partial charge in [-0.1, -0.05) is 18.5 Å². The molecule has 204 valence electrons. The van der Waals surface area contributed by atoms with Crippen molar-refractivity contribution in [3.05, 3.63) is 45.9 Å². The predicted molar refractivity (Wildman–Crippen MR) is 150 cm³/mol. The molecule has 1 aliphatic heterocycles. The lowest BCUT2D eigenvalue weighted by Gasteiger charge is -2.25. The van der Waals surface area contributed by atoms with E-state index in [0.717, 1.165) is 19.3 Å².